The van der Waals surface area contributed by atoms with Gasteiger partial charge in [0.15, 0.2) is 0 Å². The van der Waals surface area contributed by atoms with E-state index < -0.39 is 11.4 Å². The van der Waals surface area contributed by atoms with Gasteiger partial charge in [0.1, 0.15) is 6.10 Å². The summed E-state index contributed by atoms with van der Waals surface area (Å²) in [7, 11) is 0. The van der Waals surface area contributed by atoms with Crippen molar-refractivity contribution in [1.82, 2.24) is 0 Å². The summed E-state index contributed by atoms with van der Waals surface area (Å²) in [6, 6.07) is 0. The van der Waals surface area contributed by atoms with Crippen LogP contribution in [0.4, 0.5) is 0 Å². The van der Waals surface area contributed by atoms with Crippen molar-refractivity contribution in [3.05, 3.63) is 23.8 Å². The molecule has 4 heteroatoms. The number of fused-ring (bicyclic) bond motifs is 3. The van der Waals surface area contributed by atoms with Crippen LogP contribution in [0.15, 0.2) is 23.8 Å². The van der Waals surface area contributed by atoms with Gasteiger partial charge in [-0.25, -0.2) is 4.79 Å². The van der Waals surface area contributed by atoms with Crippen molar-refractivity contribution in [1.29, 1.82) is 0 Å². The Balaban J connectivity index is 1.74. The highest BCUT2D eigenvalue weighted by Gasteiger charge is 2.69. The van der Waals surface area contributed by atoms with Gasteiger partial charge in [0.25, 0.3) is 0 Å². The van der Waals surface area contributed by atoms with E-state index in [-0.39, 0.29) is 34.2 Å². The molecule has 29 heavy (non-hydrogen) atoms. The van der Waals surface area contributed by atoms with E-state index in [4.69, 9.17) is 4.74 Å². The van der Waals surface area contributed by atoms with E-state index in [0.717, 1.165) is 44.9 Å². The Morgan fingerprint density at radius 3 is 2.38 bits per heavy atom. The van der Waals surface area contributed by atoms with E-state index in [1.807, 2.05) is 26.8 Å². The number of ether oxygens (including phenoxy) is 1. The summed E-state index contributed by atoms with van der Waals surface area (Å²) in [5.41, 5.74) is -0.291. The lowest BCUT2D eigenvalue weighted by Crippen LogP contribution is -2.63. The molecular weight excluding hydrogens is 364 g/mol. The Morgan fingerprint density at radius 2 is 1.72 bits per heavy atom. The van der Waals surface area contributed by atoms with Gasteiger partial charge >= 0.3 is 11.9 Å². The highest BCUT2D eigenvalue weighted by atomic mass is 16.5. The molecule has 4 aliphatic carbocycles. The summed E-state index contributed by atoms with van der Waals surface area (Å²) in [4.78, 5) is 25.0. The molecule has 0 saturated heterocycles. The molecule has 1 N–H and O–H groups in total. The highest BCUT2D eigenvalue weighted by molar-refractivity contribution is 5.88. The number of esters is 1. The second kappa shape index (κ2) is 6.46. The molecule has 4 rings (SSSR count). The molecule has 0 amide bonds. The van der Waals surface area contributed by atoms with Gasteiger partial charge in [-0.2, -0.15) is 0 Å². The molecule has 0 aliphatic heterocycles. The number of aliphatic carboxylic acids is 1. The summed E-state index contributed by atoms with van der Waals surface area (Å²) >= 11 is 0. The lowest BCUT2D eigenvalue weighted by Gasteiger charge is -2.65. The van der Waals surface area contributed by atoms with Gasteiger partial charge in [0.2, 0.25) is 0 Å². The minimum atomic E-state index is -0.647. The number of allylic oxidation sites excluding steroid dienone is 1. The third kappa shape index (κ3) is 2.63. The second-order valence-corrected chi connectivity index (χ2v) is 11.0. The average molecular weight is 401 g/mol. The lowest BCUT2D eigenvalue weighted by atomic mass is 9.39. The number of carbonyl (C=O) groups is 2. The summed E-state index contributed by atoms with van der Waals surface area (Å²) in [5, 5.41) is 10.1. The highest BCUT2D eigenvalue weighted by Crippen LogP contribution is 2.72. The van der Waals surface area contributed by atoms with E-state index in [1.165, 1.54) is 0 Å². The van der Waals surface area contributed by atoms with Gasteiger partial charge in [-0.3, -0.25) is 4.79 Å². The van der Waals surface area contributed by atoms with E-state index >= 15 is 0 Å². The number of rotatable bonds is 3. The number of carboxylic acids is 1. The maximum absolute atomic E-state index is 12.7. The average Bonchev–Trinajstić information content (AvgIpc) is 2.83. The van der Waals surface area contributed by atoms with Gasteiger partial charge in [-0.05, 0) is 76.5 Å². The first-order chi connectivity index (χ1) is 13.5. The molecule has 0 radical (unpaired) electrons. The van der Waals surface area contributed by atoms with Crippen molar-refractivity contribution in [3.8, 4) is 0 Å². The van der Waals surface area contributed by atoms with Crippen molar-refractivity contribution in [2.45, 2.75) is 85.7 Å². The van der Waals surface area contributed by atoms with Gasteiger partial charge in [0.05, 0.1) is 5.41 Å². The number of hydrogen-bond donors (Lipinski definition) is 1. The van der Waals surface area contributed by atoms with Crippen LogP contribution in [0, 0.1) is 33.5 Å². The van der Waals surface area contributed by atoms with Gasteiger partial charge < -0.3 is 9.84 Å². The SMILES string of the molecule is C/C=C(/C)C(=O)O[C@@H]1[C@]23C=C[C@@]1(C)CC[C@@H]2[C@]1(C)CCC[C@@](C)(C(=O)O)[C@H]1CC3. The van der Waals surface area contributed by atoms with Crippen molar-refractivity contribution in [2.75, 3.05) is 0 Å². The first-order valence-electron chi connectivity index (χ1n) is 11.3. The smallest absolute Gasteiger partial charge is 0.333 e. The van der Waals surface area contributed by atoms with Crippen LogP contribution in [0.25, 0.3) is 0 Å². The van der Waals surface area contributed by atoms with E-state index in [2.05, 4.69) is 26.0 Å². The van der Waals surface area contributed by atoms with Gasteiger partial charge in [-0.15, -0.1) is 0 Å². The molecule has 4 nitrogen and oxygen atoms in total. The van der Waals surface area contributed by atoms with Crippen LogP contribution in [0.3, 0.4) is 0 Å². The molecular formula is C25H36O4. The molecule has 0 aromatic rings. The monoisotopic (exact) mass is 400 g/mol. The molecule has 1 spiro atoms. The van der Waals surface area contributed by atoms with E-state index in [9.17, 15) is 14.7 Å². The van der Waals surface area contributed by atoms with Crippen LogP contribution >= 0.6 is 0 Å². The fourth-order valence-corrected chi connectivity index (χ4v) is 7.89. The summed E-state index contributed by atoms with van der Waals surface area (Å²) in [6.45, 7) is 10.2. The van der Waals surface area contributed by atoms with Crippen LogP contribution in [0.5, 0.6) is 0 Å². The fourth-order valence-electron chi connectivity index (χ4n) is 7.89. The molecule has 160 valence electrons. The predicted octanol–water partition coefficient (Wildman–Crippen LogP) is 5.53. The summed E-state index contributed by atoms with van der Waals surface area (Å²) in [5.74, 6) is -0.301. The Hall–Kier alpha value is -1.58. The molecule has 0 unspecified atom stereocenters. The van der Waals surface area contributed by atoms with Crippen LogP contribution in [-0.4, -0.2) is 23.1 Å². The predicted molar refractivity (Wildman–Crippen MR) is 112 cm³/mol. The maximum atomic E-state index is 12.7. The molecule has 3 saturated carbocycles. The number of carbonyl (C=O) groups excluding carboxylic acids is 1. The maximum Gasteiger partial charge on any atom is 0.333 e. The summed E-state index contributed by atoms with van der Waals surface area (Å²) in [6.07, 6.45) is 13.0. The quantitative estimate of drug-likeness (QED) is 0.384. The number of hydrogen-bond acceptors (Lipinski definition) is 3. The lowest BCUT2D eigenvalue weighted by molar-refractivity contribution is -0.208. The minimum absolute atomic E-state index is 0.0278. The van der Waals surface area contributed by atoms with E-state index in [0.29, 0.717) is 11.5 Å². The van der Waals surface area contributed by atoms with E-state index in [1.54, 1.807) is 0 Å². The minimum Gasteiger partial charge on any atom is -0.481 e. The largest absolute Gasteiger partial charge is 0.481 e. The first kappa shape index (κ1) is 20.7. The van der Waals surface area contributed by atoms with Crippen LogP contribution in [0.1, 0.15) is 79.6 Å². The zero-order valence-corrected chi connectivity index (χ0v) is 18.6. The Bertz CT molecular complexity index is 797. The zero-order chi connectivity index (χ0) is 21.2. The molecule has 0 aromatic carbocycles. The molecule has 0 heterocycles. The van der Waals surface area contributed by atoms with Crippen LogP contribution in [-0.2, 0) is 14.3 Å². The molecule has 3 fully saturated rings. The van der Waals surface area contributed by atoms with Crippen molar-refractivity contribution < 1.29 is 19.4 Å². The third-order valence-electron chi connectivity index (χ3n) is 9.59. The van der Waals surface area contributed by atoms with Crippen LogP contribution < -0.4 is 0 Å². The van der Waals surface area contributed by atoms with Gasteiger partial charge in [-0.1, -0.05) is 38.5 Å². The Kier molecular flexibility index (Phi) is 4.61. The normalized spacial score (nSPS) is 48.6. The van der Waals surface area contributed by atoms with Crippen molar-refractivity contribution in [2.24, 2.45) is 33.5 Å². The number of carboxylic acid groups (broad SMARTS) is 1. The van der Waals surface area contributed by atoms with Crippen molar-refractivity contribution >= 4 is 11.9 Å². The molecule has 2 bridgehead atoms. The topological polar surface area (TPSA) is 63.6 Å². The van der Waals surface area contributed by atoms with Crippen molar-refractivity contribution in [3.63, 3.8) is 0 Å². The Labute approximate surface area is 174 Å². The van der Waals surface area contributed by atoms with Crippen LogP contribution in [0.2, 0.25) is 0 Å². The third-order valence-corrected chi connectivity index (χ3v) is 9.59. The summed E-state index contributed by atoms with van der Waals surface area (Å²) < 4.78 is 6.23. The van der Waals surface area contributed by atoms with Gasteiger partial charge in [0, 0.05) is 16.4 Å². The molecule has 4 aliphatic rings. The Morgan fingerprint density at radius 1 is 1.03 bits per heavy atom. The first-order valence-corrected chi connectivity index (χ1v) is 11.3. The zero-order valence-electron chi connectivity index (χ0n) is 18.6. The second-order valence-electron chi connectivity index (χ2n) is 11.0. The fraction of sp³-hybridized carbons (Fsp3) is 0.760. The standard InChI is InChI=1S/C25H36O4/c1-6-16(2)19(26)29-20-22(3)12-8-18-23(4)10-7-11-24(5,21(27)28)17(23)9-13-25(18,20)15-14-22/h6,14-15,17-18,20H,7-13H2,1-5H3,(H,27,28)/b16-6-/t17-,18+,20-,22+,23+,24+,25+/m0/s1. The molecule has 0 aromatic heterocycles. The molecule has 7 atom stereocenters.